The number of fused-ring (bicyclic) bond motifs is 1. The van der Waals surface area contributed by atoms with E-state index < -0.39 is 5.82 Å². The van der Waals surface area contributed by atoms with Gasteiger partial charge in [0.25, 0.3) is 0 Å². The Morgan fingerprint density at radius 3 is 2.58 bits per heavy atom. The summed E-state index contributed by atoms with van der Waals surface area (Å²) in [7, 11) is 0. The van der Waals surface area contributed by atoms with Gasteiger partial charge in [0.2, 0.25) is 12.7 Å². The topological polar surface area (TPSA) is 60.0 Å². The summed E-state index contributed by atoms with van der Waals surface area (Å²) in [4.78, 5) is 15.1. The summed E-state index contributed by atoms with van der Waals surface area (Å²) >= 11 is 0. The van der Waals surface area contributed by atoms with Crippen molar-refractivity contribution in [3.8, 4) is 23.0 Å². The smallest absolute Gasteiger partial charge is 0.231 e. The Morgan fingerprint density at radius 2 is 1.79 bits per heavy atom. The van der Waals surface area contributed by atoms with E-state index in [0.29, 0.717) is 11.4 Å². The molecule has 0 aromatic heterocycles. The van der Waals surface area contributed by atoms with E-state index in [1.165, 1.54) is 6.07 Å². The largest absolute Gasteiger partial charge is 0.454 e. The molecule has 0 radical (unpaired) electrons. The predicted molar refractivity (Wildman–Crippen MR) is 122 cm³/mol. The van der Waals surface area contributed by atoms with Gasteiger partial charge in [0, 0.05) is 23.7 Å². The fourth-order valence-corrected chi connectivity index (χ4v) is 4.21. The van der Waals surface area contributed by atoms with Crippen molar-refractivity contribution in [2.45, 2.75) is 19.4 Å². The minimum atomic E-state index is -0.418. The Balaban J connectivity index is 1.12. The molecule has 1 saturated heterocycles. The lowest BCUT2D eigenvalue weighted by Gasteiger charge is -2.31. The Bertz CT molecular complexity index is 1130. The standard InChI is InChI=1S/C26H25FN2O4/c27-22-5-1-2-6-23(22)33-21-10-8-20(9-11-21)28-26(30)18-12-14-29(15-13-18)16-19-4-3-7-24-25(19)32-17-31-24/h1-11,18H,12-17H2,(H,28,30). The van der Waals surface area contributed by atoms with Crippen molar-refractivity contribution in [1.29, 1.82) is 0 Å². The molecular formula is C26H25FN2O4. The van der Waals surface area contributed by atoms with Crippen molar-refractivity contribution in [3.05, 3.63) is 78.1 Å². The van der Waals surface area contributed by atoms with Crippen LogP contribution in [0.1, 0.15) is 18.4 Å². The van der Waals surface area contributed by atoms with E-state index in [9.17, 15) is 9.18 Å². The van der Waals surface area contributed by atoms with Gasteiger partial charge in [0.1, 0.15) is 5.75 Å². The summed E-state index contributed by atoms with van der Waals surface area (Å²) in [5.74, 6) is 1.88. The second-order valence-electron chi connectivity index (χ2n) is 8.25. The third-order valence-electron chi connectivity index (χ3n) is 6.02. The van der Waals surface area contributed by atoms with E-state index >= 15 is 0 Å². The molecule has 5 rings (SSSR count). The van der Waals surface area contributed by atoms with Crippen LogP contribution in [0.4, 0.5) is 10.1 Å². The molecule has 0 spiro atoms. The van der Waals surface area contributed by atoms with Crippen LogP contribution in [0.25, 0.3) is 0 Å². The maximum absolute atomic E-state index is 13.7. The van der Waals surface area contributed by atoms with Crippen molar-refractivity contribution >= 4 is 11.6 Å². The molecule has 0 atom stereocenters. The number of hydrogen-bond acceptors (Lipinski definition) is 5. The van der Waals surface area contributed by atoms with Crippen LogP contribution in [0, 0.1) is 11.7 Å². The number of benzene rings is 3. The predicted octanol–water partition coefficient (Wildman–Crippen LogP) is 5.20. The van der Waals surface area contributed by atoms with Gasteiger partial charge < -0.3 is 19.5 Å². The summed E-state index contributed by atoms with van der Waals surface area (Å²) in [5, 5.41) is 2.99. The Kier molecular flexibility index (Phi) is 6.13. The fraction of sp³-hybridized carbons (Fsp3) is 0.269. The number of halogens is 1. The van der Waals surface area contributed by atoms with Crippen molar-refractivity contribution in [1.82, 2.24) is 4.90 Å². The van der Waals surface area contributed by atoms with Gasteiger partial charge in [-0.15, -0.1) is 0 Å². The zero-order valence-corrected chi connectivity index (χ0v) is 18.1. The molecule has 0 aliphatic carbocycles. The quantitative estimate of drug-likeness (QED) is 0.562. The molecule has 170 valence electrons. The first-order valence-electron chi connectivity index (χ1n) is 11.1. The number of piperidine rings is 1. The normalized spacial score (nSPS) is 15.9. The van der Waals surface area contributed by atoms with Crippen LogP contribution in [0.5, 0.6) is 23.0 Å². The monoisotopic (exact) mass is 448 g/mol. The summed E-state index contributed by atoms with van der Waals surface area (Å²) in [5.41, 5.74) is 1.81. The Morgan fingerprint density at radius 1 is 1.00 bits per heavy atom. The van der Waals surface area contributed by atoms with Crippen LogP contribution in [-0.2, 0) is 11.3 Å². The number of rotatable bonds is 6. The van der Waals surface area contributed by atoms with Crippen molar-refractivity contribution in [3.63, 3.8) is 0 Å². The lowest BCUT2D eigenvalue weighted by atomic mass is 9.95. The zero-order chi connectivity index (χ0) is 22.6. The van der Waals surface area contributed by atoms with Gasteiger partial charge >= 0.3 is 0 Å². The zero-order valence-electron chi connectivity index (χ0n) is 18.1. The van der Waals surface area contributed by atoms with E-state index in [1.807, 2.05) is 12.1 Å². The maximum atomic E-state index is 13.7. The van der Waals surface area contributed by atoms with Gasteiger partial charge in [-0.25, -0.2) is 4.39 Å². The van der Waals surface area contributed by atoms with Crippen LogP contribution in [-0.4, -0.2) is 30.7 Å². The molecule has 2 heterocycles. The number of carbonyl (C=O) groups excluding carboxylic acids is 1. The highest BCUT2D eigenvalue weighted by Crippen LogP contribution is 2.36. The molecule has 1 amide bonds. The van der Waals surface area contributed by atoms with Crippen LogP contribution >= 0.6 is 0 Å². The molecule has 3 aromatic carbocycles. The number of hydrogen-bond donors (Lipinski definition) is 1. The SMILES string of the molecule is O=C(Nc1ccc(Oc2ccccc2F)cc1)C1CCN(Cc2cccc3c2OCO3)CC1. The van der Waals surface area contributed by atoms with E-state index in [0.717, 1.165) is 49.5 Å². The number of anilines is 1. The Labute approximate surface area is 191 Å². The third kappa shape index (κ3) is 4.93. The van der Waals surface area contributed by atoms with Gasteiger partial charge in [-0.1, -0.05) is 24.3 Å². The molecule has 1 fully saturated rings. The fourth-order valence-electron chi connectivity index (χ4n) is 4.21. The first-order chi connectivity index (χ1) is 16.2. The number of carbonyl (C=O) groups is 1. The van der Waals surface area contributed by atoms with E-state index in [4.69, 9.17) is 14.2 Å². The highest BCUT2D eigenvalue weighted by molar-refractivity contribution is 5.92. The summed E-state index contributed by atoms with van der Waals surface area (Å²) in [6.07, 6.45) is 1.60. The number of nitrogens with one attached hydrogen (secondary N) is 1. The molecule has 6 nitrogen and oxygen atoms in total. The number of amides is 1. The molecule has 7 heteroatoms. The van der Waals surface area contributed by atoms with Crippen molar-refractivity contribution in [2.75, 3.05) is 25.2 Å². The molecule has 0 bridgehead atoms. The molecule has 1 N–H and O–H groups in total. The molecule has 0 saturated carbocycles. The van der Waals surface area contributed by atoms with Crippen LogP contribution in [0.15, 0.2) is 66.7 Å². The second kappa shape index (κ2) is 9.50. The number of para-hydroxylation sites is 2. The first kappa shape index (κ1) is 21.3. The van der Waals surface area contributed by atoms with Gasteiger partial charge in [0.15, 0.2) is 23.1 Å². The lowest BCUT2D eigenvalue weighted by Crippen LogP contribution is -2.37. The summed E-state index contributed by atoms with van der Waals surface area (Å²) in [6.45, 7) is 2.74. The highest BCUT2D eigenvalue weighted by Gasteiger charge is 2.26. The molecule has 33 heavy (non-hydrogen) atoms. The van der Waals surface area contributed by atoms with E-state index in [1.54, 1.807) is 42.5 Å². The maximum Gasteiger partial charge on any atom is 0.231 e. The van der Waals surface area contributed by atoms with Crippen LogP contribution in [0.2, 0.25) is 0 Å². The average molecular weight is 448 g/mol. The minimum absolute atomic E-state index is 0.0229. The molecule has 0 unspecified atom stereocenters. The third-order valence-corrected chi connectivity index (χ3v) is 6.02. The number of ether oxygens (including phenoxy) is 3. The molecule has 2 aliphatic heterocycles. The molecular weight excluding hydrogens is 423 g/mol. The van der Waals surface area contributed by atoms with Crippen molar-refractivity contribution < 1.29 is 23.4 Å². The summed E-state index contributed by atoms with van der Waals surface area (Å²) in [6, 6.07) is 19.2. The van der Waals surface area contributed by atoms with Gasteiger partial charge in [-0.05, 0) is 68.4 Å². The number of nitrogens with zero attached hydrogens (tertiary/aromatic N) is 1. The number of likely N-dealkylation sites (tertiary alicyclic amines) is 1. The highest BCUT2D eigenvalue weighted by atomic mass is 19.1. The van der Waals surface area contributed by atoms with E-state index in [-0.39, 0.29) is 24.4 Å². The minimum Gasteiger partial charge on any atom is -0.454 e. The average Bonchev–Trinajstić information content (AvgIpc) is 3.32. The van der Waals surface area contributed by atoms with E-state index in [2.05, 4.69) is 16.3 Å². The van der Waals surface area contributed by atoms with Gasteiger partial charge in [0.05, 0.1) is 0 Å². The van der Waals surface area contributed by atoms with Gasteiger partial charge in [-0.3, -0.25) is 9.69 Å². The molecule has 2 aliphatic rings. The second-order valence-corrected chi connectivity index (χ2v) is 8.25. The van der Waals surface area contributed by atoms with Crippen LogP contribution in [0.3, 0.4) is 0 Å². The lowest BCUT2D eigenvalue weighted by molar-refractivity contribution is -0.121. The first-order valence-corrected chi connectivity index (χ1v) is 11.1. The van der Waals surface area contributed by atoms with Crippen molar-refractivity contribution in [2.24, 2.45) is 5.92 Å². The Hall–Kier alpha value is -3.58. The summed E-state index contributed by atoms with van der Waals surface area (Å²) < 4.78 is 30.4. The van der Waals surface area contributed by atoms with Crippen LogP contribution < -0.4 is 19.5 Å². The molecule has 3 aromatic rings. The van der Waals surface area contributed by atoms with Gasteiger partial charge in [-0.2, -0.15) is 0 Å².